The highest BCUT2D eigenvalue weighted by atomic mass is 79.9. The Balaban J connectivity index is 3.02. The van der Waals surface area contributed by atoms with Crippen LogP contribution in [0, 0.1) is 0 Å². The Kier molecular flexibility index (Phi) is 4.45. The zero-order valence-electron chi connectivity index (χ0n) is 7.95. The van der Waals surface area contributed by atoms with E-state index in [0.717, 1.165) is 18.2 Å². The topological polar surface area (TPSA) is 63.2 Å². The van der Waals surface area contributed by atoms with Gasteiger partial charge in [-0.05, 0) is 34.1 Å². The van der Waals surface area contributed by atoms with Crippen molar-refractivity contribution in [1.82, 2.24) is 0 Å². The van der Waals surface area contributed by atoms with Gasteiger partial charge in [0.05, 0.1) is 4.90 Å². The van der Waals surface area contributed by atoms with Gasteiger partial charge < -0.3 is 5.32 Å². The van der Waals surface area contributed by atoms with E-state index in [1.165, 1.54) is 0 Å². The van der Waals surface area contributed by atoms with Crippen LogP contribution in [0.25, 0.3) is 0 Å². The van der Waals surface area contributed by atoms with Gasteiger partial charge >= 0.3 is 6.43 Å². The van der Waals surface area contributed by atoms with E-state index in [0.29, 0.717) is 0 Å². The Morgan fingerprint density at radius 1 is 1.41 bits per heavy atom. The van der Waals surface area contributed by atoms with E-state index in [9.17, 15) is 22.0 Å². The van der Waals surface area contributed by atoms with E-state index >= 15 is 0 Å². The molecular weight excluding hydrogens is 344 g/mol. The zero-order chi connectivity index (χ0) is 13.2. The van der Waals surface area contributed by atoms with Gasteiger partial charge in [-0.2, -0.15) is 8.78 Å². The normalized spacial score (nSPS) is 11.6. The molecule has 0 spiro atoms. The molecule has 4 nitrogen and oxygen atoms in total. The number of rotatable bonds is 3. The second-order valence-corrected chi connectivity index (χ2v) is 6.26. The molecule has 1 aromatic rings. The molecule has 0 aliphatic heterocycles. The van der Waals surface area contributed by atoms with Crippen LogP contribution in [-0.4, -0.2) is 20.8 Å². The highest BCUT2D eigenvalue weighted by Crippen LogP contribution is 2.28. The van der Waals surface area contributed by atoms with E-state index in [4.69, 9.17) is 10.7 Å². The molecule has 0 radical (unpaired) electrons. The Morgan fingerprint density at radius 3 is 2.41 bits per heavy atom. The molecule has 0 bridgehead atoms. The maximum absolute atomic E-state index is 11.9. The van der Waals surface area contributed by atoms with Crippen LogP contribution in [0.5, 0.6) is 0 Å². The summed E-state index contributed by atoms with van der Waals surface area (Å²) in [6.45, 7) is 0. The Morgan fingerprint density at radius 2 is 2.00 bits per heavy atom. The van der Waals surface area contributed by atoms with E-state index in [1.807, 2.05) is 5.32 Å². The van der Waals surface area contributed by atoms with Crippen molar-refractivity contribution in [2.45, 2.75) is 11.3 Å². The number of carbonyl (C=O) groups is 1. The number of hydrogen-bond donors (Lipinski definition) is 1. The number of nitrogens with one attached hydrogen (secondary N) is 1. The minimum absolute atomic E-state index is 0.0336. The average Bonchev–Trinajstić information content (AvgIpc) is 2.15. The van der Waals surface area contributed by atoms with E-state index < -0.39 is 21.4 Å². The van der Waals surface area contributed by atoms with Gasteiger partial charge in [0.1, 0.15) is 0 Å². The lowest BCUT2D eigenvalue weighted by molar-refractivity contribution is -0.126. The van der Waals surface area contributed by atoms with E-state index in [2.05, 4.69) is 15.9 Å². The van der Waals surface area contributed by atoms with Crippen molar-refractivity contribution >= 4 is 47.3 Å². The molecule has 9 heteroatoms. The minimum Gasteiger partial charge on any atom is -0.321 e. The van der Waals surface area contributed by atoms with Gasteiger partial charge in [-0.1, -0.05) is 0 Å². The van der Waals surface area contributed by atoms with Crippen molar-refractivity contribution in [3.05, 3.63) is 22.7 Å². The Bertz CT molecular complexity index is 550. The third-order valence-corrected chi connectivity index (χ3v) is 3.96. The van der Waals surface area contributed by atoms with Gasteiger partial charge in [-0.15, -0.1) is 0 Å². The largest absolute Gasteiger partial charge is 0.321 e. The monoisotopic (exact) mass is 347 g/mol. The molecule has 0 fully saturated rings. The summed E-state index contributed by atoms with van der Waals surface area (Å²) in [5.41, 5.74) is 0.0336. The predicted molar refractivity (Wildman–Crippen MR) is 61.8 cm³/mol. The van der Waals surface area contributed by atoms with Crippen LogP contribution in [0.2, 0.25) is 0 Å². The van der Waals surface area contributed by atoms with Crippen molar-refractivity contribution in [1.29, 1.82) is 0 Å². The fraction of sp³-hybridized carbons (Fsp3) is 0.125. The molecule has 0 aromatic heterocycles. The summed E-state index contributed by atoms with van der Waals surface area (Å²) in [5, 5.41) is 1.90. The number of carbonyl (C=O) groups excluding carboxylic acids is 1. The van der Waals surface area contributed by atoms with Crippen LogP contribution in [0.15, 0.2) is 27.6 Å². The molecule has 0 aliphatic carbocycles. The molecule has 1 aromatic carbocycles. The van der Waals surface area contributed by atoms with Crippen LogP contribution >= 0.6 is 26.6 Å². The molecule has 1 rings (SSSR count). The Labute approximate surface area is 109 Å². The molecule has 0 atom stereocenters. The number of anilines is 1. The van der Waals surface area contributed by atoms with Crippen molar-refractivity contribution in [3.8, 4) is 0 Å². The van der Waals surface area contributed by atoms with Crippen LogP contribution in [0.1, 0.15) is 0 Å². The standard InChI is InChI=1S/C8H5BrClF2NO3S/c9-5-3-4(13-8(14)7(11)12)1-2-6(5)17(10,15)16/h1-3,7H,(H,13,14). The van der Waals surface area contributed by atoms with Crippen molar-refractivity contribution < 1.29 is 22.0 Å². The molecule has 0 aliphatic rings. The quantitative estimate of drug-likeness (QED) is 0.854. The number of hydrogen-bond acceptors (Lipinski definition) is 3. The molecule has 1 N–H and O–H groups in total. The fourth-order valence-corrected chi connectivity index (χ4v) is 3.20. The van der Waals surface area contributed by atoms with Gasteiger partial charge in [0.25, 0.3) is 15.0 Å². The summed E-state index contributed by atoms with van der Waals surface area (Å²) in [7, 11) is 1.18. The van der Waals surface area contributed by atoms with Crippen LogP contribution in [0.3, 0.4) is 0 Å². The fourth-order valence-electron chi connectivity index (χ4n) is 0.973. The molecule has 0 heterocycles. The van der Waals surface area contributed by atoms with E-state index in [1.54, 1.807) is 0 Å². The summed E-state index contributed by atoms with van der Waals surface area (Å²) < 4.78 is 46.0. The molecule has 1 amide bonds. The number of benzene rings is 1. The lowest BCUT2D eigenvalue weighted by Gasteiger charge is -2.06. The average molecular weight is 349 g/mol. The summed E-state index contributed by atoms with van der Waals surface area (Å²) in [6.07, 6.45) is -3.15. The lowest BCUT2D eigenvalue weighted by Crippen LogP contribution is -2.20. The van der Waals surface area contributed by atoms with Crippen LogP contribution < -0.4 is 5.32 Å². The number of amides is 1. The molecule has 0 unspecified atom stereocenters. The van der Waals surface area contributed by atoms with Crippen molar-refractivity contribution in [2.24, 2.45) is 0 Å². The SMILES string of the molecule is O=C(Nc1ccc(S(=O)(=O)Cl)c(Br)c1)C(F)F. The van der Waals surface area contributed by atoms with Crippen molar-refractivity contribution in [3.63, 3.8) is 0 Å². The van der Waals surface area contributed by atoms with Gasteiger partial charge in [0.15, 0.2) is 0 Å². The van der Waals surface area contributed by atoms with Gasteiger partial charge in [-0.3, -0.25) is 4.79 Å². The first kappa shape index (κ1) is 14.3. The van der Waals surface area contributed by atoms with Crippen molar-refractivity contribution in [2.75, 3.05) is 5.32 Å². The molecule has 17 heavy (non-hydrogen) atoms. The Hall–Kier alpha value is -0.730. The predicted octanol–water partition coefficient (Wildman–Crippen LogP) is 2.58. The van der Waals surface area contributed by atoms with Gasteiger partial charge in [-0.25, -0.2) is 8.42 Å². The first-order chi connectivity index (χ1) is 7.71. The third-order valence-electron chi connectivity index (χ3n) is 1.66. The second-order valence-electron chi connectivity index (χ2n) is 2.87. The number of alkyl halides is 2. The van der Waals surface area contributed by atoms with Crippen LogP contribution in [-0.2, 0) is 13.8 Å². The number of halogens is 4. The van der Waals surface area contributed by atoms with Gasteiger partial charge in [0.2, 0.25) is 0 Å². The molecule has 94 valence electrons. The summed E-state index contributed by atoms with van der Waals surface area (Å²) in [6, 6.07) is 3.41. The first-order valence-electron chi connectivity index (χ1n) is 4.05. The summed E-state index contributed by atoms with van der Waals surface area (Å²) in [5.74, 6) is -1.47. The summed E-state index contributed by atoms with van der Waals surface area (Å²) in [4.78, 5) is 10.5. The van der Waals surface area contributed by atoms with Crippen LogP contribution in [0.4, 0.5) is 14.5 Å². The molecule has 0 saturated heterocycles. The highest BCUT2D eigenvalue weighted by Gasteiger charge is 2.18. The molecular formula is C8H5BrClF2NO3S. The lowest BCUT2D eigenvalue weighted by atomic mass is 10.3. The highest BCUT2D eigenvalue weighted by molar-refractivity contribution is 9.10. The second kappa shape index (κ2) is 5.28. The minimum atomic E-state index is -3.93. The maximum atomic E-state index is 11.9. The zero-order valence-corrected chi connectivity index (χ0v) is 11.1. The third kappa shape index (κ3) is 3.90. The van der Waals surface area contributed by atoms with E-state index in [-0.39, 0.29) is 15.1 Å². The summed E-state index contributed by atoms with van der Waals surface area (Å²) >= 11 is 2.91. The molecule has 0 saturated carbocycles. The maximum Gasteiger partial charge on any atom is 0.315 e. The van der Waals surface area contributed by atoms with Gasteiger partial charge in [0, 0.05) is 20.8 Å². The first-order valence-corrected chi connectivity index (χ1v) is 7.15. The smallest absolute Gasteiger partial charge is 0.315 e.